The Morgan fingerprint density at radius 3 is 2.46 bits per heavy atom. The summed E-state index contributed by atoms with van der Waals surface area (Å²) in [4.78, 5) is 41.4. The molecule has 5 rings (SSSR count). The van der Waals surface area contributed by atoms with E-state index in [-0.39, 0.29) is 28.8 Å². The molecule has 0 bridgehead atoms. The molecule has 48 heavy (non-hydrogen) atoms. The number of tetrazole rings is 1. The molecule has 3 N–H and O–H groups in total. The number of hydrogen-bond donors (Lipinski definition) is 3. The molecule has 13 heteroatoms. The van der Waals surface area contributed by atoms with E-state index in [4.69, 9.17) is 14.2 Å². The van der Waals surface area contributed by atoms with Crippen LogP contribution in [0.5, 0.6) is 17.2 Å². The number of anilines is 2. The second kappa shape index (κ2) is 14.5. The summed E-state index contributed by atoms with van der Waals surface area (Å²) in [7, 11) is 6.33. The van der Waals surface area contributed by atoms with Crippen molar-refractivity contribution in [1.82, 2.24) is 25.5 Å². The molecular formula is C35H41N7O6. The molecular weight excluding hydrogens is 614 g/mol. The van der Waals surface area contributed by atoms with E-state index in [2.05, 4.69) is 31.4 Å². The first-order valence-corrected chi connectivity index (χ1v) is 15.8. The lowest BCUT2D eigenvalue weighted by Gasteiger charge is -2.24. The first-order chi connectivity index (χ1) is 23.1. The van der Waals surface area contributed by atoms with Gasteiger partial charge in [-0.05, 0) is 71.0 Å². The van der Waals surface area contributed by atoms with Crippen LogP contribution in [0.4, 0.5) is 11.4 Å². The highest BCUT2D eigenvalue weighted by atomic mass is 16.5. The van der Waals surface area contributed by atoms with Gasteiger partial charge in [-0.2, -0.15) is 4.80 Å². The van der Waals surface area contributed by atoms with Gasteiger partial charge in [0.2, 0.25) is 28.8 Å². The molecule has 0 saturated carbocycles. The molecule has 0 radical (unpaired) electrons. The highest BCUT2D eigenvalue weighted by Crippen LogP contribution is 2.50. The van der Waals surface area contributed by atoms with E-state index >= 15 is 0 Å². The predicted molar refractivity (Wildman–Crippen MR) is 182 cm³/mol. The smallest absolute Gasteiger partial charge is 0.247 e. The Bertz CT molecular complexity index is 1890. The summed E-state index contributed by atoms with van der Waals surface area (Å²) < 4.78 is 17.2. The number of aryl methyl sites for hydroxylation is 2. The summed E-state index contributed by atoms with van der Waals surface area (Å²) in [5.41, 5.74) is 4.16. The van der Waals surface area contributed by atoms with E-state index in [1.807, 2.05) is 32.0 Å². The summed E-state index contributed by atoms with van der Waals surface area (Å²) in [6.45, 7) is 5.39. The SMILES string of the molecule is CC[C@H](C)[C@@H](Nc1ccc2c(cc1=O)[C@H](NC(C)=O)CCc1cc(OC)c(OC)c(OC)c1-2)C(=O)Nc1cccc(-c2nnn(C)n2)c1. The van der Waals surface area contributed by atoms with Gasteiger partial charge in [0.05, 0.1) is 40.1 Å². The standard InChI is InChI=1S/C35H41N7O6/c1-8-19(2)31(35(45)37-23-11-9-10-22(16-23)34-39-41-42(4)40-34)38-27-15-13-24-25(18-28(27)44)26(36-20(3)43)14-12-21-17-29(46-5)32(47-6)33(48-7)30(21)24/h9-11,13,15-19,26,31H,8,12,14H2,1-7H3,(H,36,43)(H,37,45)(H,38,44)/t19-,26+,31+/m0/s1. The van der Waals surface area contributed by atoms with E-state index in [9.17, 15) is 14.4 Å². The molecule has 0 fully saturated rings. The van der Waals surface area contributed by atoms with Crippen molar-refractivity contribution in [2.45, 2.75) is 52.1 Å². The molecule has 4 aromatic rings. The van der Waals surface area contributed by atoms with Crippen molar-refractivity contribution >= 4 is 23.2 Å². The maximum Gasteiger partial charge on any atom is 0.247 e. The number of benzene rings is 2. The maximum absolute atomic E-state index is 14.0. The van der Waals surface area contributed by atoms with Crippen molar-refractivity contribution in [3.05, 3.63) is 69.9 Å². The molecule has 1 aliphatic carbocycles. The van der Waals surface area contributed by atoms with Crippen LogP contribution in [0, 0.1) is 5.92 Å². The van der Waals surface area contributed by atoms with Crippen molar-refractivity contribution < 1.29 is 23.8 Å². The summed E-state index contributed by atoms with van der Waals surface area (Å²) in [6.07, 6.45) is 1.79. The van der Waals surface area contributed by atoms with Gasteiger partial charge in [0, 0.05) is 23.7 Å². The lowest BCUT2D eigenvalue weighted by Crippen LogP contribution is -2.40. The Balaban J connectivity index is 1.56. The van der Waals surface area contributed by atoms with Gasteiger partial charge < -0.3 is 30.2 Å². The Kier molecular flexibility index (Phi) is 10.3. The molecule has 1 aromatic heterocycles. The number of hydrogen-bond acceptors (Lipinski definition) is 10. The van der Waals surface area contributed by atoms with Gasteiger partial charge in [-0.1, -0.05) is 38.5 Å². The van der Waals surface area contributed by atoms with Crippen LogP contribution in [-0.2, 0) is 23.1 Å². The normalized spacial score (nSPS) is 14.8. The molecule has 3 atom stereocenters. The fourth-order valence-electron chi connectivity index (χ4n) is 6.05. The van der Waals surface area contributed by atoms with Crippen LogP contribution in [-0.4, -0.2) is 59.4 Å². The molecule has 0 spiro atoms. The van der Waals surface area contributed by atoms with Crippen LogP contribution in [0.3, 0.4) is 0 Å². The molecule has 2 amide bonds. The zero-order valence-corrected chi connectivity index (χ0v) is 28.2. The Morgan fingerprint density at radius 1 is 1.04 bits per heavy atom. The predicted octanol–water partition coefficient (Wildman–Crippen LogP) is 4.52. The lowest BCUT2D eigenvalue weighted by molar-refractivity contribution is -0.120. The van der Waals surface area contributed by atoms with E-state index < -0.39 is 12.1 Å². The molecule has 0 aliphatic heterocycles. The first-order valence-electron chi connectivity index (χ1n) is 15.8. The Hall–Kier alpha value is -5.46. The highest BCUT2D eigenvalue weighted by Gasteiger charge is 2.30. The third kappa shape index (κ3) is 6.94. The molecule has 1 aliphatic rings. The van der Waals surface area contributed by atoms with Crippen molar-refractivity contribution in [2.75, 3.05) is 32.0 Å². The monoisotopic (exact) mass is 655 g/mol. The number of fused-ring (bicyclic) bond motifs is 3. The number of nitrogens with zero attached hydrogens (tertiary/aromatic N) is 4. The van der Waals surface area contributed by atoms with E-state index in [1.54, 1.807) is 45.5 Å². The first kappa shape index (κ1) is 33.9. The van der Waals surface area contributed by atoms with Gasteiger partial charge in [-0.3, -0.25) is 14.4 Å². The van der Waals surface area contributed by atoms with Gasteiger partial charge in [0.25, 0.3) is 0 Å². The lowest BCUT2D eigenvalue weighted by atomic mass is 9.95. The van der Waals surface area contributed by atoms with Crippen LogP contribution >= 0.6 is 0 Å². The Morgan fingerprint density at radius 2 is 1.81 bits per heavy atom. The number of carbonyl (C=O) groups is 2. The average Bonchev–Trinajstić information content (AvgIpc) is 3.38. The third-order valence-corrected chi connectivity index (χ3v) is 8.62. The second-order valence-electron chi connectivity index (χ2n) is 11.8. The number of amides is 2. The molecule has 0 unspecified atom stereocenters. The van der Waals surface area contributed by atoms with Crippen LogP contribution in [0.2, 0.25) is 0 Å². The summed E-state index contributed by atoms with van der Waals surface area (Å²) >= 11 is 0. The maximum atomic E-state index is 14.0. The van der Waals surface area contributed by atoms with Crippen LogP contribution in [0.25, 0.3) is 22.5 Å². The minimum atomic E-state index is -0.750. The minimum absolute atomic E-state index is 0.137. The average molecular weight is 656 g/mol. The zero-order valence-electron chi connectivity index (χ0n) is 28.2. The molecule has 0 saturated heterocycles. The molecule has 1 heterocycles. The fraction of sp³-hybridized carbons (Fsp3) is 0.371. The number of ether oxygens (including phenoxy) is 3. The van der Waals surface area contributed by atoms with E-state index in [0.717, 1.165) is 11.1 Å². The molecule has 252 valence electrons. The van der Waals surface area contributed by atoms with Crippen molar-refractivity contribution in [1.29, 1.82) is 0 Å². The van der Waals surface area contributed by atoms with Crippen molar-refractivity contribution in [3.8, 4) is 39.8 Å². The van der Waals surface area contributed by atoms with Crippen molar-refractivity contribution in [3.63, 3.8) is 0 Å². The summed E-state index contributed by atoms with van der Waals surface area (Å²) in [5, 5.41) is 21.4. The number of aromatic nitrogens is 4. The highest BCUT2D eigenvalue weighted by molar-refractivity contribution is 5.97. The topological polar surface area (TPSA) is 159 Å². The largest absolute Gasteiger partial charge is 0.493 e. The van der Waals surface area contributed by atoms with E-state index in [1.165, 1.54) is 24.9 Å². The van der Waals surface area contributed by atoms with Crippen molar-refractivity contribution in [2.24, 2.45) is 13.0 Å². The Labute approximate surface area is 279 Å². The third-order valence-electron chi connectivity index (χ3n) is 8.62. The van der Waals surface area contributed by atoms with E-state index in [0.29, 0.717) is 64.7 Å². The number of carbonyl (C=O) groups excluding carboxylic acids is 2. The van der Waals surface area contributed by atoms with Gasteiger partial charge in [-0.15, -0.1) is 10.2 Å². The molecule has 13 nitrogen and oxygen atoms in total. The quantitative estimate of drug-likeness (QED) is 0.210. The second-order valence-corrected chi connectivity index (χ2v) is 11.8. The van der Waals surface area contributed by atoms with Crippen LogP contribution in [0.15, 0.2) is 53.3 Å². The summed E-state index contributed by atoms with van der Waals surface area (Å²) in [6, 6.07) is 12.9. The summed E-state index contributed by atoms with van der Waals surface area (Å²) in [5.74, 6) is 1.17. The van der Waals surface area contributed by atoms with Crippen LogP contribution in [0.1, 0.15) is 50.8 Å². The van der Waals surface area contributed by atoms with Gasteiger partial charge in [-0.25, -0.2) is 0 Å². The zero-order chi connectivity index (χ0) is 34.5. The number of nitrogens with one attached hydrogen (secondary N) is 3. The fourth-order valence-corrected chi connectivity index (χ4v) is 6.05. The van der Waals surface area contributed by atoms with Crippen LogP contribution < -0.4 is 35.6 Å². The number of rotatable bonds is 11. The number of methoxy groups -OCH3 is 3. The van der Waals surface area contributed by atoms with Gasteiger partial charge >= 0.3 is 0 Å². The van der Waals surface area contributed by atoms with Gasteiger partial charge in [0.15, 0.2) is 11.5 Å². The molecule has 3 aromatic carbocycles. The van der Waals surface area contributed by atoms with Gasteiger partial charge in [0.1, 0.15) is 6.04 Å². The minimum Gasteiger partial charge on any atom is -0.493 e.